The lowest BCUT2D eigenvalue weighted by molar-refractivity contribution is -0.139. The van der Waals surface area contributed by atoms with Gasteiger partial charge in [0.2, 0.25) is 0 Å². The summed E-state index contributed by atoms with van der Waals surface area (Å²) in [7, 11) is 0. The number of carbonyl (C=O) groups excluding carboxylic acids is 1. The first-order valence-corrected chi connectivity index (χ1v) is 13.7. The molecule has 194 valence electrons. The zero-order chi connectivity index (χ0) is 25.0. The molecule has 0 saturated heterocycles. The van der Waals surface area contributed by atoms with Gasteiger partial charge in [-0.1, -0.05) is 110 Å². The van der Waals surface area contributed by atoms with E-state index >= 15 is 0 Å². The van der Waals surface area contributed by atoms with Gasteiger partial charge >= 0.3 is 11.9 Å². The average molecular weight is 467 g/mol. The van der Waals surface area contributed by atoms with Gasteiger partial charge in [0.05, 0.1) is 6.61 Å². The molecule has 0 radical (unpaired) electrons. The van der Waals surface area contributed by atoms with E-state index in [2.05, 4.69) is 39.5 Å². The van der Waals surface area contributed by atoms with Gasteiger partial charge in [0, 0.05) is 12.5 Å². The Morgan fingerprint density at radius 2 is 1.30 bits per heavy atom. The lowest BCUT2D eigenvalue weighted by atomic mass is 10.0. The number of rotatable bonds is 22. The van der Waals surface area contributed by atoms with Crippen LogP contribution in [-0.2, 0) is 14.3 Å². The lowest BCUT2D eigenvalue weighted by Crippen LogP contribution is -2.12. The van der Waals surface area contributed by atoms with Crippen molar-refractivity contribution in [2.24, 2.45) is 5.92 Å². The number of unbranched alkanes of at least 4 members (excludes halogenated alkanes) is 12. The van der Waals surface area contributed by atoms with Crippen LogP contribution < -0.4 is 0 Å². The second kappa shape index (κ2) is 28.5. The molecule has 0 heterocycles. The number of carboxylic acid groups (broad SMARTS) is 1. The quantitative estimate of drug-likeness (QED) is 0.0748. The van der Waals surface area contributed by atoms with Gasteiger partial charge in [-0.3, -0.25) is 4.79 Å². The van der Waals surface area contributed by atoms with E-state index in [-0.39, 0.29) is 5.97 Å². The third-order valence-electron chi connectivity index (χ3n) is 5.82. The first-order valence-electron chi connectivity index (χ1n) is 13.7. The standard InChI is InChI=1S/C18H34O2.C11H20O2/c1-2-3-4-5-6-7-8-9-10-11-12-13-14-15-16-17-18(19)20;1-4-7-8-10(5-2)9-13-11(12)6-3/h9-10H,2-8,11-17H2,1H3,(H,19,20);6,10H,3-5,7-9H2,1-2H3/b10-9-;. The number of carboxylic acids is 1. The smallest absolute Gasteiger partial charge is 0.330 e. The summed E-state index contributed by atoms with van der Waals surface area (Å²) in [4.78, 5) is 21.1. The normalized spacial score (nSPS) is 11.6. The molecule has 0 rings (SSSR count). The Kier molecular flexibility index (Phi) is 29.0. The molecule has 0 aromatic rings. The molecule has 0 aliphatic heterocycles. The molecule has 4 nitrogen and oxygen atoms in total. The minimum atomic E-state index is -0.664. The molecule has 0 aromatic heterocycles. The van der Waals surface area contributed by atoms with Gasteiger partial charge in [-0.05, 0) is 44.4 Å². The van der Waals surface area contributed by atoms with Crippen molar-refractivity contribution in [3.05, 3.63) is 24.8 Å². The highest BCUT2D eigenvalue weighted by atomic mass is 16.5. The molecular weight excluding hydrogens is 412 g/mol. The van der Waals surface area contributed by atoms with Crippen LogP contribution in [0, 0.1) is 5.92 Å². The summed E-state index contributed by atoms with van der Waals surface area (Å²) in [6.45, 7) is 10.5. The maximum Gasteiger partial charge on any atom is 0.330 e. The SMILES string of the molecule is C=CC(=O)OCC(CC)CCCC.CCCCCCCC/C=C\CCCCCCCC(=O)O. The molecule has 0 aromatic carbocycles. The van der Waals surface area contributed by atoms with Crippen molar-refractivity contribution in [3.63, 3.8) is 0 Å². The fraction of sp³-hybridized carbons (Fsp3) is 0.793. The van der Waals surface area contributed by atoms with Crippen molar-refractivity contribution in [3.8, 4) is 0 Å². The van der Waals surface area contributed by atoms with Crippen LogP contribution in [0.15, 0.2) is 24.8 Å². The van der Waals surface area contributed by atoms with E-state index in [0.717, 1.165) is 25.7 Å². The summed E-state index contributed by atoms with van der Waals surface area (Å²) >= 11 is 0. The third-order valence-corrected chi connectivity index (χ3v) is 5.82. The number of hydrogen-bond acceptors (Lipinski definition) is 3. The van der Waals surface area contributed by atoms with E-state index in [1.54, 1.807) is 0 Å². The van der Waals surface area contributed by atoms with Gasteiger partial charge in [0.15, 0.2) is 0 Å². The van der Waals surface area contributed by atoms with Crippen LogP contribution in [0.2, 0.25) is 0 Å². The summed E-state index contributed by atoms with van der Waals surface area (Å²) in [6, 6.07) is 0. The molecule has 0 amide bonds. The summed E-state index contributed by atoms with van der Waals surface area (Å²) in [6.07, 6.45) is 27.1. The number of hydrogen-bond donors (Lipinski definition) is 1. The predicted molar refractivity (Wildman–Crippen MR) is 142 cm³/mol. The van der Waals surface area contributed by atoms with Crippen LogP contribution in [0.5, 0.6) is 0 Å². The van der Waals surface area contributed by atoms with Crippen molar-refractivity contribution in [1.82, 2.24) is 0 Å². The first-order chi connectivity index (χ1) is 16.0. The molecule has 1 atom stereocenters. The van der Waals surface area contributed by atoms with Crippen molar-refractivity contribution in [2.45, 2.75) is 136 Å². The largest absolute Gasteiger partial charge is 0.481 e. The average Bonchev–Trinajstić information content (AvgIpc) is 2.81. The van der Waals surface area contributed by atoms with Crippen LogP contribution in [-0.4, -0.2) is 23.7 Å². The van der Waals surface area contributed by atoms with Crippen LogP contribution >= 0.6 is 0 Å². The fourth-order valence-corrected chi connectivity index (χ4v) is 3.50. The molecular formula is C29H54O4. The van der Waals surface area contributed by atoms with E-state index in [1.165, 1.54) is 89.5 Å². The molecule has 0 aliphatic rings. The Balaban J connectivity index is 0. The van der Waals surface area contributed by atoms with Gasteiger partial charge in [-0.25, -0.2) is 4.79 Å². The Bertz CT molecular complexity index is 470. The van der Waals surface area contributed by atoms with Gasteiger partial charge in [0.1, 0.15) is 0 Å². The third kappa shape index (κ3) is 30.4. The minimum Gasteiger partial charge on any atom is -0.481 e. The first kappa shape index (κ1) is 33.6. The highest BCUT2D eigenvalue weighted by molar-refractivity contribution is 5.81. The molecule has 0 saturated carbocycles. The molecule has 4 heteroatoms. The molecule has 0 spiro atoms. The number of carbonyl (C=O) groups is 2. The summed E-state index contributed by atoms with van der Waals surface area (Å²) < 4.78 is 4.98. The zero-order valence-corrected chi connectivity index (χ0v) is 22.1. The Morgan fingerprint density at radius 1 is 0.788 bits per heavy atom. The van der Waals surface area contributed by atoms with E-state index in [9.17, 15) is 9.59 Å². The Morgan fingerprint density at radius 3 is 1.79 bits per heavy atom. The number of ether oxygens (including phenoxy) is 1. The second-order valence-electron chi connectivity index (χ2n) is 8.98. The summed E-state index contributed by atoms with van der Waals surface area (Å²) in [5.41, 5.74) is 0. The molecule has 33 heavy (non-hydrogen) atoms. The van der Waals surface area contributed by atoms with E-state index in [0.29, 0.717) is 18.9 Å². The fourth-order valence-electron chi connectivity index (χ4n) is 3.50. The van der Waals surface area contributed by atoms with Crippen LogP contribution in [0.1, 0.15) is 136 Å². The Labute approximate surface area is 205 Å². The van der Waals surface area contributed by atoms with Gasteiger partial charge in [0.25, 0.3) is 0 Å². The molecule has 1 N–H and O–H groups in total. The van der Waals surface area contributed by atoms with Crippen molar-refractivity contribution >= 4 is 11.9 Å². The van der Waals surface area contributed by atoms with E-state index in [4.69, 9.17) is 9.84 Å². The second-order valence-corrected chi connectivity index (χ2v) is 8.98. The monoisotopic (exact) mass is 466 g/mol. The maximum absolute atomic E-state index is 10.8. The highest BCUT2D eigenvalue weighted by Crippen LogP contribution is 2.13. The number of esters is 1. The van der Waals surface area contributed by atoms with Crippen molar-refractivity contribution < 1.29 is 19.4 Å². The molecule has 0 fully saturated rings. The van der Waals surface area contributed by atoms with Crippen LogP contribution in [0.25, 0.3) is 0 Å². The topological polar surface area (TPSA) is 63.6 Å². The summed E-state index contributed by atoms with van der Waals surface area (Å²) in [5.74, 6) is -0.457. The highest BCUT2D eigenvalue weighted by Gasteiger charge is 2.07. The molecule has 0 aliphatic carbocycles. The van der Waals surface area contributed by atoms with Crippen LogP contribution in [0.3, 0.4) is 0 Å². The minimum absolute atomic E-state index is 0.310. The zero-order valence-electron chi connectivity index (χ0n) is 22.1. The summed E-state index contributed by atoms with van der Waals surface area (Å²) in [5, 5.41) is 8.51. The lowest BCUT2D eigenvalue weighted by Gasteiger charge is -2.13. The van der Waals surface area contributed by atoms with Crippen LogP contribution in [0.4, 0.5) is 0 Å². The number of aliphatic carboxylic acids is 1. The molecule has 0 bridgehead atoms. The van der Waals surface area contributed by atoms with E-state index < -0.39 is 5.97 Å². The molecule has 1 unspecified atom stereocenters. The van der Waals surface area contributed by atoms with Crippen molar-refractivity contribution in [2.75, 3.05) is 6.61 Å². The number of allylic oxidation sites excluding steroid dienone is 2. The van der Waals surface area contributed by atoms with Crippen molar-refractivity contribution in [1.29, 1.82) is 0 Å². The maximum atomic E-state index is 10.8. The van der Waals surface area contributed by atoms with Gasteiger partial charge in [-0.15, -0.1) is 0 Å². The van der Waals surface area contributed by atoms with Gasteiger partial charge in [-0.2, -0.15) is 0 Å². The predicted octanol–water partition coefficient (Wildman–Crippen LogP) is 9.04. The van der Waals surface area contributed by atoms with E-state index in [1.807, 2.05) is 0 Å². The Hall–Kier alpha value is -1.58. The van der Waals surface area contributed by atoms with Gasteiger partial charge < -0.3 is 9.84 Å².